The van der Waals surface area contributed by atoms with Crippen molar-refractivity contribution in [2.45, 2.75) is 6.54 Å². The van der Waals surface area contributed by atoms with E-state index in [0.29, 0.717) is 24.5 Å². The van der Waals surface area contributed by atoms with Gasteiger partial charge in [-0.15, -0.1) is 0 Å². The smallest absolute Gasteiger partial charge is 0.293 e. The fraction of sp³-hybridized carbons (Fsp3) is 0.192. The second-order valence-electron chi connectivity index (χ2n) is 8.32. The van der Waals surface area contributed by atoms with Crippen molar-refractivity contribution < 1.29 is 14.1 Å². The number of nitrogens with one attached hydrogen (secondary N) is 1. The molecule has 8 nitrogen and oxygen atoms in total. The molecule has 172 valence electrons. The van der Waals surface area contributed by atoms with Crippen LogP contribution < -0.4 is 10.2 Å². The van der Waals surface area contributed by atoms with Crippen LogP contribution in [0.1, 0.15) is 16.1 Å². The SMILES string of the molecule is O=C(Nc1ccc2ccccc2c1)c1ccc(N2CCN(Cc3ccco3)CC2)c([N+](=O)[O-])c1. The molecule has 1 aliphatic heterocycles. The largest absolute Gasteiger partial charge is 0.468 e. The first-order chi connectivity index (χ1) is 16.6. The molecule has 5 rings (SSSR count). The fourth-order valence-corrected chi connectivity index (χ4v) is 4.32. The minimum Gasteiger partial charge on any atom is -0.468 e. The molecule has 0 spiro atoms. The highest BCUT2D eigenvalue weighted by Crippen LogP contribution is 2.31. The Bertz CT molecular complexity index is 1330. The predicted octanol–water partition coefficient (Wildman–Crippen LogP) is 4.92. The van der Waals surface area contributed by atoms with E-state index in [4.69, 9.17) is 4.42 Å². The van der Waals surface area contributed by atoms with Gasteiger partial charge in [-0.1, -0.05) is 30.3 Å². The van der Waals surface area contributed by atoms with Crippen molar-refractivity contribution in [3.05, 3.63) is 100 Å². The van der Waals surface area contributed by atoms with Gasteiger partial charge >= 0.3 is 0 Å². The van der Waals surface area contributed by atoms with E-state index in [-0.39, 0.29) is 17.2 Å². The Morgan fingerprint density at radius 2 is 1.74 bits per heavy atom. The summed E-state index contributed by atoms with van der Waals surface area (Å²) in [5.74, 6) is 0.523. The van der Waals surface area contributed by atoms with Crippen molar-refractivity contribution in [3.8, 4) is 0 Å². The topological polar surface area (TPSA) is 91.9 Å². The van der Waals surface area contributed by atoms with Crippen LogP contribution in [0.15, 0.2) is 83.5 Å². The van der Waals surface area contributed by atoms with Crippen molar-refractivity contribution in [2.24, 2.45) is 0 Å². The molecule has 0 bridgehead atoms. The van der Waals surface area contributed by atoms with E-state index in [1.54, 1.807) is 18.4 Å². The molecule has 0 atom stereocenters. The van der Waals surface area contributed by atoms with Gasteiger partial charge in [-0.2, -0.15) is 0 Å². The molecular formula is C26H24N4O4. The summed E-state index contributed by atoms with van der Waals surface area (Å²) in [6, 6.07) is 22.0. The van der Waals surface area contributed by atoms with E-state index in [1.165, 1.54) is 6.07 Å². The van der Waals surface area contributed by atoms with Gasteiger partial charge in [0.15, 0.2) is 0 Å². The summed E-state index contributed by atoms with van der Waals surface area (Å²) >= 11 is 0. The number of hydrogen-bond donors (Lipinski definition) is 1. The second kappa shape index (κ2) is 9.36. The number of rotatable bonds is 6. The average Bonchev–Trinajstić information content (AvgIpc) is 3.37. The number of piperazine rings is 1. The van der Waals surface area contributed by atoms with Gasteiger partial charge < -0.3 is 14.6 Å². The highest BCUT2D eigenvalue weighted by atomic mass is 16.6. The van der Waals surface area contributed by atoms with Crippen LogP contribution in [0.3, 0.4) is 0 Å². The number of fused-ring (bicyclic) bond motifs is 1. The first-order valence-corrected chi connectivity index (χ1v) is 11.1. The van der Waals surface area contributed by atoms with Crippen molar-refractivity contribution in [3.63, 3.8) is 0 Å². The molecule has 0 radical (unpaired) electrons. The van der Waals surface area contributed by atoms with E-state index in [2.05, 4.69) is 10.2 Å². The summed E-state index contributed by atoms with van der Waals surface area (Å²) in [4.78, 5) is 28.5. The van der Waals surface area contributed by atoms with Gasteiger partial charge in [0.2, 0.25) is 0 Å². The molecule has 0 aliphatic carbocycles. The molecule has 1 fully saturated rings. The summed E-state index contributed by atoms with van der Waals surface area (Å²) in [5.41, 5.74) is 1.36. The predicted molar refractivity (Wildman–Crippen MR) is 131 cm³/mol. The third-order valence-electron chi connectivity index (χ3n) is 6.11. The average molecular weight is 457 g/mol. The first kappa shape index (κ1) is 21.7. The number of carbonyl (C=O) groups excluding carboxylic acids is 1. The van der Waals surface area contributed by atoms with E-state index < -0.39 is 4.92 Å². The Morgan fingerprint density at radius 1 is 0.941 bits per heavy atom. The molecule has 4 aromatic rings. The molecule has 1 aliphatic rings. The molecule has 34 heavy (non-hydrogen) atoms. The van der Waals surface area contributed by atoms with Gasteiger partial charge in [0.25, 0.3) is 11.6 Å². The number of amides is 1. The van der Waals surface area contributed by atoms with Crippen LogP contribution in [0.25, 0.3) is 10.8 Å². The fourth-order valence-electron chi connectivity index (χ4n) is 4.32. The molecule has 0 unspecified atom stereocenters. The maximum Gasteiger partial charge on any atom is 0.293 e. The summed E-state index contributed by atoms with van der Waals surface area (Å²) in [5, 5.41) is 16.8. The number of hydrogen-bond acceptors (Lipinski definition) is 6. The molecule has 1 saturated heterocycles. The molecule has 2 heterocycles. The van der Waals surface area contributed by atoms with Gasteiger partial charge in [0, 0.05) is 43.5 Å². The number of benzene rings is 3. The van der Waals surface area contributed by atoms with Crippen LogP contribution in [-0.2, 0) is 6.54 Å². The van der Waals surface area contributed by atoms with Crippen molar-refractivity contribution in [1.29, 1.82) is 0 Å². The van der Waals surface area contributed by atoms with Gasteiger partial charge in [-0.3, -0.25) is 19.8 Å². The van der Waals surface area contributed by atoms with Crippen molar-refractivity contribution >= 4 is 33.7 Å². The normalized spacial score (nSPS) is 14.3. The van der Waals surface area contributed by atoms with E-state index in [1.807, 2.05) is 59.5 Å². The lowest BCUT2D eigenvalue weighted by molar-refractivity contribution is -0.384. The minimum absolute atomic E-state index is 0.0642. The first-order valence-electron chi connectivity index (χ1n) is 11.1. The van der Waals surface area contributed by atoms with Crippen molar-refractivity contribution in [1.82, 2.24) is 4.90 Å². The van der Waals surface area contributed by atoms with Crippen LogP contribution in [-0.4, -0.2) is 41.9 Å². The maximum atomic E-state index is 12.8. The lowest BCUT2D eigenvalue weighted by Crippen LogP contribution is -2.46. The second-order valence-corrected chi connectivity index (χ2v) is 8.32. The van der Waals surface area contributed by atoms with E-state index >= 15 is 0 Å². The van der Waals surface area contributed by atoms with E-state index in [0.717, 1.165) is 36.2 Å². The van der Waals surface area contributed by atoms with Gasteiger partial charge in [-0.05, 0) is 47.2 Å². The zero-order chi connectivity index (χ0) is 23.5. The molecular weight excluding hydrogens is 432 g/mol. The molecule has 1 aromatic heterocycles. The lowest BCUT2D eigenvalue weighted by atomic mass is 10.1. The number of carbonyl (C=O) groups is 1. The Kier molecular flexibility index (Phi) is 5.97. The van der Waals surface area contributed by atoms with Crippen LogP contribution >= 0.6 is 0 Å². The summed E-state index contributed by atoms with van der Waals surface area (Å²) in [6.07, 6.45) is 1.66. The quantitative estimate of drug-likeness (QED) is 0.327. The van der Waals surface area contributed by atoms with Crippen LogP contribution in [0.4, 0.5) is 17.1 Å². The number of nitrogens with zero attached hydrogens (tertiary/aromatic N) is 3. The Labute approximate surface area is 196 Å². The standard InChI is InChI=1S/C26H24N4O4/c31-26(27-22-9-7-19-4-1-2-5-20(19)16-22)21-8-10-24(25(17-21)30(32)33)29-13-11-28(12-14-29)18-23-6-3-15-34-23/h1-10,15-17H,11-14,18H2,(H,27,31). The monoisotopic (exact) mass is 456 g/mol. The number of nitro benzene ring substituents is 1. The summed E-state index contributed by atoms with van der Waals surface area (Å²) < 4.78 is 5.42. The Morgan fingerprint density at radius 3 is 2.47 bits per heavy atom. The minimum atomic E-state index is -0.419. The van der Waals surface area contributed by atoms with E-state index in [9.17, 15) is 14.9 Å². The van der Waals surface area contributed by atoms with Crippen LogP contribution in [0.5, 0.6) is 0 Å². The third-order valence-corrected chi connectivity index (χ3v) is 6.11. The van der Waals surface area contributed by atoms with Crippen molar-refractivity contribution in [2.75, 3.05) is 36.4 Å². The summed E-state index contributed by atoms with van der Waals surface area (Å²) in [7, 11) is 0. The number of furan rings is 1. The maximum absolute atomic E-state index is 12.8. The molecule has 8 heteroatoms. The van der Waals surface area contributed by atoms with Gasteiger partial charge in [-0.25, -0.2) is 0 Å². The third kappa shape index (κ3) is 4.62. The molecule has 0 saturated carbocycles. The zero-order valence-electron chi connectivity index (χ0n) is 18.5. The highest BCUT2D eigenvalue weighted by molar-refractivity contribution is 6.06. The van der Waals surface area contributed by atoms with Gasteiger partial charge in [0.05, 0.1) is 17.7 Å². The number of anilines is 2. The molecule has 1 N–H and O–H groups in total. The lowest BCUT2D eigenvalue weighted by Gasteiger charge is -2.35. The number of nitro groups is 1. The van der Waals surface area contributed by atoms with Gasteiger partial charge in [0.1, 0.15) is 11.4 Å². The van der Waals surface area contributed by atoms with Crippen LogP contribution in [0.2, 0.25) is 0 Å². The Balaban J connectivity index is 1.29. The Hall–Kier alpha value is -4.17. The molecule has 3 aromatic carbocycles. The van der Waals surface area contributed by atoms with Crippen LogP contribution in [0, 0.1) is 10.1 Å². The zero-order valence-corrected chi connectivity index (χ0v) is 18.5. The molecule has 1 amide bonds. The highest BCUT2D eigenvalue weighted by Gasteiger charge is 2.25. The summed E-state index contributed by atoms with van der Waals surface area (Å²) in [6.45, 7) is 3.56.